The Morgan fingerprint density at radius 3 is 2.35 bits per heavy atom. The molecule has 0 aromatic heterocycles. The lowest BCUT2D eigenvalue weighted by molar-refractivity contribution is -0.144. The molecule has 1 aliphatic heterocycles. The van der Waals surface area contributed by atoms with Crippen molar-refractivity contribution in [3.8, 4) is 11.1 Å². The number of hydrogen-bond acceptors (Lipinski definition) is 5. The lowest BCUT2D eigenvalue weighted by atomic mass is 9.98. The van der Waals surface area contributed by atoms with E-state index in [0.717, 1.165) is 22.3 Å². The van der Waals surface area contributed by atoms with Gasteiger partial charge in [-0.25, -0.2) is 4.79 Å². The van der Waals surface area contributed by atoms with E-state index in [4.69, 9.17) is 9.47 Å². The van der Waals surface area contributed by atoms with Crippen LogP contribution in [0, 0.1) is 11.3 Å². The number of likely N-dealkylation sites (tertiary alicyclic amines) is 1. The molecule has 0 bridgehead atoms. The van der Waals surface area contributed by atoms with Gasteiger partial charge in [0.2, 0.25) is 5.91 Å². The zero-order valence-electron chi connectivity index (χ0n) is 19.0. The van der Waals surface area contributed by atoms with Gasteiger partial charge in [-0.3, -0.25) is 9.59 Å². The Morgan fingerprint density at radius 1 is 1.12 bits per heavy atom. The molecule has 2 aliphatic carbocycles. The molecule has 178 valence electrons. The number of nitrogens with zero attached hydrogens (tertiary/aromatic N) is 1. The van der Waals surface area contributed by atoms with E-state index < -0.39 is 23.6 Å². The highest BCUT2D eigenvalue weighted by Gasteiger charge is 2.66. The summed E-state index contributed by atoms with van der Waals surface area (Å²) in [6, 6.07) is 16.3. The summed E-state index contributed by atoms with van der Waals surface area (Å²) in [5.41, 5.74) is 3.85. The van der Waals surface area contributed by atoms with Crippen molar-refractivity contribution in [2.24, 2.45) is 11.3 Å². The fourth-order valence-corrected chi connectivity index (χ4v) is 5.41. The minimum atomic E-state index is -0.826. The molecule has 5 rings (SSSR count). The van der Waals surface area contributed by atoms with Crippen LogP contribution in [0.5, 0.6) is 0 Å². The van der Waals surface area contributed by atoms with Crippen LogP contribution >= 0.6 is 0 Å². The molecule has 3 atom stereocenters. The van der Waals surface area contributed by atoms with E-state index in [-0.39, 0.29) is 43.9 Å². The van der Waals surface area contributed by atoms with E-state index >= 15 is 0 Å². The molecule has 2 fully saturated rings. The van der Waals surface area contributed by atoms with Crippen LogP contribution in [0.1, 0.15) is 29.9 Å². The summed E-state index contributed by atoms with van der Waals surface area (Å²) in [4.78, 5) is 38.1. The predicted molar refractivity (Wildman–Crippen MR) is 123 cm³/mol. The van der Waals surface area contributed by atoms with E-state index in [2.05, 4.69) is 29.6 Å². The maximum atomic E-state index is 12.6. The quantitative estimate of drug-likeness (QED) is 0.623. The number of rotatable bonds is 8. The molecular formula is C26H28N2O6. The van der Waals surface area contributed by atoms with Gasteiger partial charge in [0.25, 0.3) is 0 Å². The summed E-state index contributed by atoms with van der Waals surface area (Å²) in [5, 5.41) is 12.1. The first-order chi connectivity index (χ1) is 16.4. The minimum Gasteiger partial charge on any atom is -0.481 e. The van der Waals surface area contributed by atoms with E-state index in [1.54, 1.807) is 4.90 Å². The predicted octanol–water partition coefficient (Wildman–Crippen LogP) is 2.86. The highest BCUT2D eigenvalue weighted by molar-refractivity contribution is 5.84. The third-order valence-corrected chi connectivity index (χ3v) is 7.48. The first kappa shape index (κ1) is 22.4. The van der Waals surface area contributed by atoms with Crippen molar-refractivity contribution in [1.29, 1.82) is 0 Å². The molecule has 8 nitrogen and oxygen atoms in total. The second-order valence-electron chi connectivity index (χ2n) is 9.40. The van der Waals surface area contributed by atoms with Crippen molar-refractivity contribution < 1.29 is 29.0 Å². The van der Waals surface area contributed by atoms with Crippen molar-refractivity contribution in [3.05, 3.63) is 59.7 Å². The van der Waals surface area contributed by atoms with Crippen molar-refractivity contribution in [2.45, 2.75) is 24.9 Å². The van der Waals surface area contributed by atoms with Crippen LogP contribution in [0.15, 0.2) is 48.5 Å². The van der Waals surface area contributed by atoms with Crippen LogP contribution < -0.4 is 5.32 Å². The summed E-state index contributed by atoms with van der Waals surface area (Å²) in [7, 11) is 1.48. The summed E-state index contributed by atoms with van der Waals surface area (Å²) < 4.78 is 10.9. The molecular weight excluding hydrogens is 436 g/mol. The van der Waals surface area contributed by atoms with E-state index in [1.165, 1.54) is 7.11 Å². The van der Waals surface area contributed by atoms with Crippen LogP contribution in [-0.4, -0.2) is 67.4 Å². The lowest BCUT2D eigenvalue weighted by Gasteiger charge is -2.23. The van der Waals surface area contributed by atoms with Crippen LogP contribution in [0.25, 0.3) is 11.1 Å². The van der Waals surface area contributed by atoms with Crippen molar-refractivity contribution in [1.82, 2.24) is 10.2 Å². The summed E-state index contributed by atoms with van der Waals surface area (Å²) in [6.07, 6.45) is -0.375. The van der Waals surface area contributed by atoms with Gasteiger partial charge in [0.15, 0.2) is 0 Å². The summed E-state index contributed by atoms with van der Waals surface area (Å²) in [5.74, 6) is -0.961. The molecule has 8 heteroatoms. The number of carbonyl (C=O) groups is 3. The zero-order chi connectivity index (χ0) is 23.9. The molecule has 3 unspecified atom stereocenters. The van der Waals surface area contributed by atoms with Crippen molar-refractivity contribution in [3.63, 3.8) is 0 Å². The minimum absolute atomic E-state index is 0.0268. The smallest absolute Gasteiger partial charge is 0.407 e. The third kappa shape index (κ3) is 3.92. The summed E-state index contributed by atoms with van der Waals surface area (Å²) >= 11 is 0. The highest BCUT2D eigenvalue weighted by Crippen LogP contribution is 2.58. The van der Waals surface area contributed by atoms with Gasteiger partial charge >= 0.3 is 12.1 Å². The van der Waals surface area contributed by atoms with Gasteiger partial charge in [0, 0.05) is 32.7 Å². The Morgan fingerprint density at radius 2 is 1.76 bits per heavy atom. The van der Waals surface area contributed by atoms with Crippen LogP contribution in [0.3, 0.4) is 0 Å². The monoisotopic (exact) mass is 464 g/mol. The molecule has 2 amide bonds. The van der Waals surface area contributed by atoms with E-state index in [0.29, 0.717) is 13.0 Å². The van der Waals surface area contributed by atoms with Crippen LogP contribution in [0.4, 0.5) is 4.79 Å². The zero-order valence-corrected chi connectivity index (χ0v) is 19.0. The van der Waals surface area contributed by atoms with Gasteiger partial charge in [0.1, 0.15) is 6.61 Å². The lowest BCUT2D eigenvalue weighted by Crippen LogP contribution is -2.40. The molecule has 1 saturated heterocycles. The standard InChI is InChI=1S/C26H28N2O6/c1-33-17(10-23(29)28-13-16-11-26(16,15-28)24(30)31)12-27-25(32)34-14-22-20-8-4-2-6-18(20)19-7-3-5-9-21(19)22/h2-9,16-17,22H,10-15H2,1H3,(H,27,32)(H,30,31). The number of piperidine rings is 1. The molecule has 0 spiro atoms. The Kier molecular flexibility index (Phi) is 5.77. The first-order valence-corrected chi connectivity index (χ1v) is 11.6. The van der Waals surface area contributed by atoms with Gasteiger partial charge < -0.3 is 24.8 Å². The third-order valence-electron chi connectivity index (χ3n) is 7.48. The molecule has 0 radical (unpaired) electrons. The SMILES string of the molecule is COC(CNC(=O)OCC1c2ccccc2-c2ccccc21)CC(=O)N1CC2CC2(C(=O)O)C1. The fourth-order valence-electron chi connectivity index (χ4n) is 5.41. The number of hydrogen-bond donors (Lipinski definition) is 2. The molecule has 2 aromatic carbocycles. The summed E-state index contributed by atoms with van der Waals surface area (Å²) in [6.45, 7) is 1.06. The molecule has 2 aromatic rings. The van der Waals surface area contributed by atoms with E-state index in [9.17, 15) is 19.5 Å². The number of aliphatic carboxylic acids is 1. The molecule has 34 heavy (non-hydrogen) atoms. The van der Waals surface area contributed by atoms with Gasteiger partial charge in [-0.1, -0.05) is 48.5 Å². The van der Waals surface area contributed by atoms with Gasteiger partial charge in [-0.2, -0.15) is 0 Å². The second kappa shape index (κ2) is 8.76. The van der Waals surface area contributed by atoms with Crippen molar-refractivity contribution in [2.75, 3.05) is 33.4 Å². The number of carbonyl (C=O) groups excluding carboxylic acids is 2. The number of carboxylic acids is 1. The Hall–Kier alpha value is -3.39. The Bertz CT molecular complexity index is 1090. The van der Waals surface area contributed by atoms with Gasteiger partial charge in [-0.15, -0.1) is 0 Å². The highest BCUT2D eigenvalue weighted by atomic mass is 16.5. The van der Waals surface area contributed by atoms with Crippen molar-refractivity contribution >= 4 is 18.0 Å². The normalized spacial score (nSPS) is 23.0. The van der Waals surface area contributed by atoms with Gasteiger partial charge in [0.05, 0.1) is 17.9 Å². The fraction of sp³-hybridized carbons (Fsp3) is 0.423. The largest absolute Gasteiger partial charge is 0.481 e. The molecule has 1 saturated carbocycles. The van der Waals surface area contributed by atoms with Crippen LogP contribution in [-0.2, 0) is 19.1 Å². The number of benzene rings is 2. The second-order valence-corrected chi connectivity index (χ2v) is 9.40. The number of ether oxygens (including phenoxy) is 2. The van der Waals surface area contributed by atoms with Gasteiger partial charge in [-0.05, 0) is 34.6 Å². The Balaban J connectivity index is 1.12. The first-order valence-electron chi connectivity index (χ1n) is 11.6. The molecule has 2 N–H and O–H groups in total. The maximum absolute atomic E-state index is 12.6. The average Bonchev–Trinajstić information content (AvgIpc) is 3.27. The molecule has 3 aliphatic rings. The molecule has 1 heterocycles. The van der Waals surface area contributed by atoms with Crippen LogP contribution in [0.2, 0.25) is 0 Å². The van der Waals surface area contributed by atoms with E-state index in [1.807, 2.05) is 24.3 Å². The average molecular weight is 465 g/mol. The number of alkyl carbamates (subject to hydrolysis) is 1. The Labute approximate surface area is 197 Å². The number of nitrogens with one attached hydrogen (secondary N) is 1. The number of carboxylic acid groups (broad SMARTS) is 1. The number of methoxy groups -OCH3 is 1. The number of fused-ring (bicyclic) bond motifs is 4. The topological polar surface area (TPSA) is 105 Å². The number of amides is 2. The maximum Gasteiger partial charge on any atom is 0.407 e.